The molecule has 27 heavy (non-hydrogen) atoms. The van der Waals surface area contributed by atoms with Gasteiger partial charge in [-0.15, -0.1) is 0 Å². The van der Waals surface area contributed by atoms with Crippen LogP contribution in [0.1, 0.15) is 30.9 Å². The fourth-order valence-electron chi connectivity index (χ4n) is 2.06. The Morgan fingerprint density at radius 3 is 2.56 bits per heavy atom. The normalized spacial score (nSPS) is 10.6. The van der Waals surface area contributed by atoms with Gasteiger partial charge >= 0.3 is 11.8 Å². The second-order valence-electron chi connectivity index (χ2n) is 5.89. The van der Waals surface area contributed by atoms with Gasteiger partial charge in [0.15, 0.2) is 0 Å². The number of ether oxygens (including phenoxy) is 1. The average molecular weight is 388 g/mol. The summed E-state index contributed by atoms with van der Waals surface area (Å²) in [6.45, 7) is 4.63. The number of hydrogen-bond acceptors (Lipinski definition) is 4. The van der Waals surface area contributed by atoms with E-state index in [4.69, 9.17) is 16.3 Å². The Labute approximate surface area is 163 Å². The molecule has 2 N–H and O–H groups in total. The van der Waals surface area contributed by atoms with Crippen molar-refractivity contribution in [3.63, 3.8) is 0 Å². The van der Waals surface area contributed by atoms with Gasteiger partial charge < -0.3 is 10.1 Å². The van der Waals surface area contributed by atoms with Crippen molar-refractivity contribution in [2.45, 2.75) is 26.7 Å². The van der Waals surface area contributed by atoms with Crippen LogP contribution in [0.3, 0.4) is 0 Å². The summed E-state index contributed by atoms with van der Waals surface area (Å²) in [4.78, 5) is 23.7. The van der Waals surface area contributed by atoms with E-state index in [0.29, 0.717) is 17.3 Å². The number of nitrogens with zero attached hydrogens (tertiary/aromatic N) is 1. The van der Waals surface area contributed by atoms with Crippen molar-refractivity contribution >= 4 is 35.3 Å². The Morgan fingerprint density at radius 2 is 1.89 bits per heavy atom. The number of nitrogens with one attached hydrogen (secondary N) is 2. The summed E-state index contributed by atoms with van der Waals surface area (Å²) in [7, 11) is 0. The molecule has 0 atom stereocenters. The zero-order chi connectivity index (χ0) is 19.6. The molecule has 0 aliphatic rings. The van der Waals surface area contributed by atoms with Crippen molar-refractivity contribution in [2.75, 3.05) is 11.9 Å². The number of unbranched alkanes of at least 4 members (excludes halogenated alkanes) is 1. The molecule has 0 radical (unpaired) electrons. The zero-order valence-corrected chi connectivity index (χ0v) is 16.0. The lowest BCUT2D eigenvalue weighted by atomic mass is 10.2. The predicted molar refractivity (Wildman–Crippen MR) is 107 cm³/mol. The Hall–Kier alpha value is -2.86. The van der Waals surface area contributed by atoms with E-state index in [9.17, 15) is 9.59 Å². The van der Waals surface area contributed by atoms with Gasteiger partial charge in [-0.2, -0.15) is 5.10 Å². The summed E-state index contributed by atoms with van der Waals surface area (Å²) in [6.07, 6.45) is 3.53. The van der Waals surface area contributed by atoms with Crippen LogP contribution < -0.4 is 15.5 Å². The molecular formula is C20H22ClN3O3. The minimum atomic E-state index is -0.873. The molecule has 6 nitrogen and oxygen atoms in total. The minimum absolute atomic E-state index is 0.438. The molecule has 0 bridgehead atoms. The molecule has 2 aromatic rings. The first-order valence-corrected chi connectivity index (χ1v) is 9.00. The van der Waals surface area contributed by atoms with Crippen LogP contribution in [-0.4, -0.2) is 24.6 Å². The van der Waals surface area contributed by atoms with Crippen LogP contribution in [0.2, 0.25) is 5.02 Å². The van der Waals surface area contributed by atoms with Crippen molar-refractivity contribution in [3.05, 3.63) is 58.6 Å². The molecule has 2 aromatic carbocycles. The number of carbonyl (C=O) groups excluding carboxylic acids is 2. The Bertz CT molecular complexity index is 820. The lowest BCUT2D eigenvalue weighted by Gasteiger charge is -2.06. The molecule has 0 saturated heterocycles. The van der Waals surface area contributed by atoms with Gasteiger partial charge in [-0.1, -0.05) is 31.0 Å². The third kappa shape index (κ3) is 6.75. The van der Waals surface area contributed by atoms with E-state index < -0.39 is 11.8 Å². The van der Waals surface area contributed by atoms with Crippen molar-refractivity contribution < 1.29 is 14.3 Å². The van der Waals surface area contributed by atoms with Gasteiger partial charge in [0.2, 0.25) is 0 Å². The SMILES string of the molecule is CCCCOc1ccc(C=NNC(=O)C(=O)Nc2ccc(C)c(Cl)c2)cc1. The highest BCUT2D eigenvalue weighted by atomic mass is 35.5. The Kier molecular flexibility index (Phi) is 7.82. The molecule has 0 heterocycles. The molecule has 0 fully saturated rings. The van der Waals surface area contributed by atoms with Crippen molar-refractivity contribution in [3.8, 4) is 5.75 Å². The molecule has 142 valence electrons. The van der Waals surface area contributed by atoms with Crippen LogP contribution in [0, 0.1) is 6.92 Å². The van der Waals surface area contributed by atoms with Crippen LogP contribution in [0.25, 0.3) is 0 Å². The maximum absolute atomic E-state index is 11.9. The third-order valence-corrected chi connectivity index (χ3v) is 4.07. The monoisotopic (exact) mass is 387 g/mol. The summed E-state index contributed by atoms with van der Waals surface area (Å²) < 4.78 is 5.57. The number of anilines is 1. The van der Waals surface area contributed by atoms with Crippen molar-refractivity contribution in [2.24, 2.45) is 5.10 Å². The molecule has 0 aliphatic carbocycles. The minimum Gasteiger partial charge on any atom is -0.494 e. The molecule has 0 saturated carbocycles. The standard InChI is InChI=1S/C20H22ClN3O3/c1-3-4-11-27-17-9-6-15(7-10-17)13-22-24-20(26)19(25)23-16-8-5-14(2)18(21)12-16/h5-10,12-13H,3-4,11H2,1-2H3,(H,23,25)(H,24,26). The number of benzene rings is 2. The van der Waals surface area contributed by atoms with Gasteiger partial charge in [-0.05, 0) is 60.9 Å². The van der Waals surface area contributed by atoms with E-state index in [2.05, 4.69) is 22.8 Å². The zero-order valence-electron chi connectivity index (χ0n) is 15.3. The number of halogens is 1. The van der Waals surface area contributed by atoms with E-state index in [1.165, 1.54) is 6.21 Å². The highest BCUT2D eigenvalue weighted by Gasteiger charge is 2.13. The van der Waals surface area contributed by atoms with Crippen LogP contribution >= 0.6 is 11.6 Å². The van der Waals surface area contributed by atoms with Gasteiger partial charge in [0, 0.05) is 10.7 Å². The molecule has 2 rings (SSSR count). The van der Waals surface area contributed by atoms with E-state index >= 15 is 0 Å². The highest BCUT2D eigenvalue weighted by Crippen LogP contribution is 2.19. The number of rotatable bonds is 7. The van der Waals surface area contributed by atoms with Gasteiger partial charge in [-0.3, -0.25) is 9.59 Å². The molecule has 2 amide bonds. The molecular weight excluding hydrogens is 366 g/mol. The van der Waals surface area contributed by atoms with E-state index in [-0.39, 0.29) is 0 Å². The predicted octanol–water partition coefficient (Wildman–Crippen LogP) is 3.92. The van der Waals surface area contributed by atoms with Crippen LogP contribution in [-0.2, 0) is 9.59 Å². The number of amides is 2. The first-order valence-electron chi connectivity index (χ1n) is 8.63. The first kappa shape index (κ1) is 20.5. The lowest BCUT2D eigenvalue weighted by molar-refractivity contribution is -0.136. The maximum atomic E-state index is 11.9. The largest absolute Gasteiger partial charge is 0.494 e. The summed E-state index contributed by atoms with van der Waals surface area (Å²) in [5, 5.41) is 6.76. The topological polar surface area (TPSA) is 79.8 Å². The molecule has 7 heteroatoms. The maximum Gasteiger partial charge on any atom is 0.329 e. The smallest absolute Gasteiger partial charge is 0.329 e. The number of carbonyl (C=O) groups is 2. The van der Waals surface area contributed by atoms with Crippen molar-refractivity contribution in [1.29, 1.82) is 0 Å². The summed E-state index contributed by atoms with van der Waals surface area (Å²) >= 11 is 5.99. The van der Waals surface area contributed by atoms with Crippen molar-refractivity contribution in [1.82, 2.24) is 5.43 Å². The number of hydrazone groups is 1. The van der Waals surface area contributed by atoms with Crippen LogP contribution in [0.4, 0.5) is 5.69 Å². The third-order valence-electron chi connectivity index (χ3n) is 3.66. The number of hydrogen-bond donors (Lipinski definition) is 2. The van der Waals surface area contributed by atoms with E-state index in [0.717, 1.165) is 29.7 Å². The molecule has 0 aliphatic heterocycles. The van der Waals surface area contributed by atoms with Crippen LogP contribution in [0.5, 0.6) is 5.75 Å². The van der Waals surface area contributed by atoms with Gasteiger partial charge in [0.05, 0.1) is 12.8 Å². The van der Waals surface area contributed by atoms with Crippen LogP contribution in [0.15, 0.2) is 47.6 Å². The lowest BCUT2D eigenvalue weighted by Crippen LogP contribution is -2.32. The first-order chi connectivity index (χ1) is 13.0. The Morgan fingerprint density at radius 1 is 1.15 bits per heavy atom. The summed E-state index contributed by atoms with van der Waals surface area (Å²) in [5.41, 5.74) is 4.27. The Balaban J connectivity index is 1.83. The van der Waals surface area contributed by atoms with E-state index in [1.807, 2.05) is 31.2 Å². The van der Waals surface area contributed by atoms with Gasteiger partial charge in [0.1, 0.15) is 5.75 Å². The highest BCUT2D eigenvalue weighted by molar-refractivity contribution is 6.39. The summed E-state index contributed by atoms with van der Waals surface area (Å²) in [5.74, 6) is -0.921. The molecule has 0 unspecified atom stereocenters. The summed E-state index contributed by atoms with van der Waals surface area (Å²) in [6, 6.07) is 12.3. The number of aryl methyl sites for hydroxylation is 1. The molecule has 0 spiro atoms. The quantitative estimate of drug-likeness (QED) is 0.327. The van der Waals surface area contributed by atoms with Gasteiger partial charge in [0.25, 0.3) is 0 Å². The van der Waals surface area contributed by atoms with Gasteiger partial charge in [-0.25, -0.2) is 5.43 Å². The average Bonchev–Trinajstić information content (AvgIpc) is 2.66. The fraction of sp³-hybridized carbons (Fsp3) is 0.250. The second-order valence-corrected chi connectivity index (χ2v) is 6.30. The fourth-order valence-corrected chi connectivity index (χ4v) is 2.24. The van der Waals surface area contributed by atoms with E-state index in [1.54, 1.807) is 18.2 Å². The molecule has 0 aromatic heterocycles. The second kappa shape index (κ2) is 10.3.